The summed E-state index contributed by atoms with van der Waals surface area (Å²) in [6.45, 7) is 9.60. The lowest BCUT2D eigenvalue weighted by Gasteiger charge is -2.39. The van der Waals surface area contributed by atoms with Gasteiger partial charge in [-0.15, -0.1) is 0 Å². The Kier molecular flexibility index (Phi) is 10.7. The van der Waals surface area contributed by atoms with Crippen LogP contribution in [-0.4, -0.2) is 87.7 Å². The van der Waals surface area contributed by atoms with Crippen molar-refractivity contribution < 1.29 is 13.9 Å². The fourth-order valence-electron chi connectivity index (χ4n) is 3.76. The van der Waals surface area contributed by atoms with Gasteiger partial charge in [0.1, 0.15) is 12.3 Å². The van der Waals surface area contributed by atoms with Crippen molar-refractivity contribution in [2.75, 3.05) is 60.0 Å². The largest absolute Gasteiger partial charge is 0.469 e. The molecule has 0 aromatic carbocycles. The van der Waals surface area contributed by atoms with E-state index in [0.29, 0.717) is 24.5 Å². The highest BCUT2D eigenvalue weighted by atomic mass is 16.5. The topological polar surface area (TPSA) is 82.3 Å². The van der Waals surface area contributed by atoms with Crippen molar-refractivity contribution in [1.29, 1.82) is 0 Å². The number of ether oxygens (including phenoxy) is 1. The van der Waals surface area contributed by atoms with Gasteiger partial charge in [-0.2, -0.15) is 0 Å². The van der Waals surface area contributed by atoms with Gasteiger partial charge >= 0.3 is 0 Å². The van der Waals surface area contributed by atoms with Crippen LogP contribution in [0.4, 0.5) is 0 Å². The molecule has 1 aliphatic rings. The molecule has 1 amide bonds. The predicted molar refractivity (Wildman–Crippen MR) is 120 cm³/mol. The summed E-state index contributed by atoms with van der Waals surface area (Å²) in [5.74, 6) is 2.17. The van der Waals surface area contributed by atoms with E-state index in [-0.39, 0.29) is 12.5 Å². The molecule has 1 saturated heterocycles. The van der Waals surface area contributed by atoms with E-state index in [9.17, 15) is 4.79 Å². The molecule has 1 fully saturated rings. The Morgan fingerprint density at radius 1 is 1.23 bits per heavy atom. The number of nitrogens with zero attached hydrogens (tertiary/aromatic N) is 3. The number of guanidine groups is 1. The van der Waals surface area contributed by atoms with E-state index in [0.717, 1.165) is 57.9 Å². The van der Waals surface area contributed by atoms with Crippen LogP contribution >= 0.6 is 0 Å². The lowest BCUT2D eigenvalue weighted by molar-refractivity contribution is -0.127. The highest BCUT2D eigenvalue weighted by Crippen LogP contribution is 2.19. The van der Waals surface area contributed by atoms with Crippen molar-refractivity contribution in [3.8, 4) is 0 Å². The fraction of sp³-hybridized carbons (Fsp3) is 0.727. The summed E-state index contributed by atoms with van der Waals surface area (Å²) in [5.41, 5.74) is 0. The molecule has 1 atom stereocenters. The quantitative estimate of drug-likeness (QED) is 0.417. The normalized spacial score (nSPS) is 16.5. The fourth-order valence-corrected chi connectivity index (χ4v) is 3.76. The molecule has 1 aromatic rings. The van der Waals surface area contributed by atoms with Crippen molar-refractivity contribution in [3.63, 3.8) is 0 Å². The van der Waals surface area contributed by atoms with Crippen molar-refractivity contribution in [2.24, 2.45) is 10.9 Å². The first kappa shape index (κ1) is 24.2. The standard InChI is InChI=1S/C22H39N5O3/c1-5-18(6-2)20(27-11-14-29-15-12-27)16-24-22(25-17-21(28)26(3)4)23-10-9-19-8-7-13-30-19/h7-8,13,18,20H,5-6,9-12,14-17H2,1-4H3,(H2,23,24,25). The van der Waals surface area contributed by atoms with Crippen molar-refractivity contribution >= 4 is 11.9 Å². The van der Waals surface area contributed by atoms with Gasteiger partial charge in [-0.25, -0.2) is 4.99 Å². The van der Waals surface area contributed by atoms with Crippen LogP contribution in [0.1, 0.15) is 32.4 Å². The third-order valence-electron chi connectivity index (χ3n) is 5.70. The van der Waals surface area contributed by atoms with Crippen molar-refractivity contribution in [1.82, 2.24) is 20.4 Å². The van der Waals surface area contributed by atoms with E-state index in [1.165, 1.54) is 0 Å². The molecule has 2 N–H and O–H groups in total. The summed E-state index contributed by atoms with van der Waals surface area (Å²) in [7, 11) is 3.49. The van der Waals surface area contributed by atoms with Crippen LogP contribution in [0.3, 0.4) is 0 Å². The highest BCUT2D eigenvalue weighted by molar-refractivity contribution is 5.84. The molecule has 8 nitrogen and oxygen atoms in total. The molecule has 0 spiro atoms. The van der Waals surface area contributed by atoms with Crippen LogP contribution in [-0.2, 0) is 16.0 Å². The summed E-state index contributed by atoms with van der Waals surface area (Å²) >= 11 is 0. The zero-order valence-corrected chi connectivity index (χ0v) is 19.0. The van der Waals surface area contributed by atoms with Crippen LogP contribution < -0.4 is 10.6 Å². The molecule has 0 saturated carbocycles. The minimum absolute atomic E-state index is 0.0214. The molecular formula is C22H39N5O3. The summed E-state index contributed by atoms with van der Waals surface area (Å²) in [5, 5.41) is 6.85. The second kappa shape index (κ2) is 13.3. The summed E-state index contributed by atoms with van der Waals surface area (Å²) in [4.78, 5) is 20.6. The Labute approximate surface area is 181 Å². The third kappa shape index (κ3) is 7.99. The maximum absolute atomic E-state index is 12.0. The number of furan rings is 1. The molecule has 0 radical (unpaired) electrons. The maximum atomic E-state index is 12.0. The van der Waals surface area contributed by atoms with Crippen molar-refractivity contribution in [2.45, 2.75) is 39.2 Å². The van der Waals surface area contributed by atoms with E-state index in [1.54, 1.807) is 25.3 Å². The first-order valence-electron chi connectivity index (χ1n) is 11.1. The monoisotopic (exact) mass is 421 g/mol. The molecule has 1 aliphatic heterocycles. The molecule has 0 bridgehead atoms. The zero-order valence-electron chi connectivity index (χ0n) is 19.0. The maximum Gasteiger partial charge on any atom is 0.243 e. The van der Waals surface area contributed by atoms with Gasteiger partial charge in [0.05, 0.1) is 19.5 Å². The lowest BCUT2D eigenvalue weighted by Crippen LogP contribution is -2.53. The first-order chi connectivity index (χ1) is 14.5. The molecule has 0 aliphatic carbocycles. The number of rotatable bonds is 11. The Bertz CT molecular complexity index is 623. The van der Waals surface area contributed by atoms with Gasteiger partial charge in [0, 0.05) is 52.7 Å². The molecule has 1 unspecified atom stereocenters. The van der Waals surface area contributed by atoms with E-state index in [1.807, 2.05) is 12.1 Å². The predicted octanol–water partition coefficient (Wildman–Crippen LogP) is 1.58. The van der Waals surface area contributed by atoms with Crippen LogP contribution in [0.15, 0.2) is 27.8 Å². The Hall–Kier alpha value is -2.06. The number of likely N-dealkylation sites (N-methyl/N-ethyl adjacent to an activating group) is 1. The molecule has 2 rings (SSSR count). The minimum Gasteiger partial charge on any atom is -0.469 e. The smallest absolute Gasteiger partial charge is 0.243 e. The number of aliphatic imine (C=N–C) groups is 1. The van der Waals surface area contributed by atoms with Gasteiger partial charge < -0.3 is 24.7 Å². The van der Waals surface area contributed by atoms with Crippen molar-refractivity contribution in [3.05, 3.63) is 24.2 Å². The molecule has 30 heavy (non-hydrogen) atoms. The average molecular weight is 422 g/mol. The number of carbonyl (C=O) groups is 1. The first-order valence-corrected chi connectivity index (χ1v) is 11.1. The van der Waals surface area contributed by atoms with Gasteiger partial charge in [-0.05, 0) is 18.1 Å². The van der Waals surface area contributed by atoms with Gasteiger partial charge in [-0.1, -0.05) is 26.7 Å². The highest BCUT2D eigenvalue weighted by Gasteiger charge is 2.27. The van der Waals surface area contributed by atoms with Gasteiger partial charge in [0.15, 0.2) is 5.96 Å². The van der Waals surface area contributed by atoms with E-state index in [2.05, 4.69) is 34.4 Å². The Morgan fingerprint density at radius 2 is 1.97 bits per heavy atom. The lowest BCUT2D eigenvalue weighted by atomic mass is 9.92. The Balaban J connectivity index is 2.00. The zero-order chi connectivity index (χ0) is 21.8. The van der Waals surface area contributed by atoms with Gasteiger partial charge in [-0.3, -0.25) is 9.69 Å². The number of nitrogens with one attached hydrogen (secondary N) is 2. The summed E-state index contributed by atoms with van der Waals surface area (Å²) in [6.07, 6.45) is 4.71. The van der Waals surface area contributed by atoms with Crippen LogP contribution in [0, 0.1) is 5.92 Å². The van der Waals surface area contributed by atoms with E-state index in [4.69, 9.17) is 9.15 Å². The number of carbonyl (C=O) groups excluding carboxylic acids is 1. The van der Waals surface area contributed by atoms with E-state index < -0.39 is 0 Å². The molecular weight excluding hydrogens is 382 g/mol. The average Bonchev–Trinajstić information content (AvgIpc) is 3.28. The molecule has 1 aromatic heterocycles. The third-order valence-corrected chi connectivity index (χ3v) is 5.70. The van der Waals surface area contributed by atoms with Gasteiger partial charge in [0.2, 0.25) is 5.91 Å². The number of hydrogen-bond donors (Lipinski definition) is 2. The van der Waals surface area contributed by atoms with Gasteiger partial charge in [0.25, 0.3) is 0 Å². The van der Waals surface area contributed by atoms with Crippen LogP contribution in [0.2, 0.25) is 0 Å². The summed E-state index contributed by atoms with van der Waals surface area (Å²) < 4.78 is 11.0. The van der Waals surface area contributed by atoms with Crippen LogP contribution in [0.5, 0.6) is 0 Å². The molecule has 2 heterocycles. The number of hydrogen-bond acceptors (Lipinski definition) is 5. The Morgan fingerprint density at radius 3 is 2.57 bits per heavy atom. The van der Waals surface area contributed by atoms with Crippen LogP contribution in [0.25, 0.3) is 0 Å². The summed E-state index contributed by atoms with van der Waals surface area (Å²) in [6, 6.07) is 4.26. The number of amides is 1. The van der Waals surface area contributed by atoms with E-state index >= 15 is 0 Å². The second-order valence-corrected chi connectivity index (χ2v) is 7.88. The minimum atomic E-state index is -0.0214. The number of morpholine rings is 1. The molecule has 8 heteroatoms. The molecule has 170 valence electrons. The SMILES string of the molecule is CCC(CC)C(CNC(=NCC(=O)N(C)C)NCCc1ccco1)N1CCOCC1. The second-order valence-electron chi connectivity index (χ2n) is 7.88.